The Labute approximate surface area is 120 Å². The van der Waals surface area contributed by atoms with Crippen molar-refractivity contribution in [1.82, 2.24) is 5.32 Å². The van der Waals surface area contributed by atoms with Crippen molar-refractivity contribution in [3.05, 3.63) is 35.4 Å². The Morgan fingerprint density at radius 1 is 1.25 bits per heavy atom. The molecule has 1 aliphatic carbocycles. The number of aliphatic hydroxyl groups excluding tert-OH is 1. The normalized spacial score (nSPS) is 22.5. The van der Waals surface area contributed by atoms with Gasteiger partial charge in [0.1, 0.15) is 0 Å². The smallest absolute Gasteiger partial charge is 0.251 e. The first-order valence-electron chi connectivity index (χ1n) is 7.45. The van der Waals surface area contributed by atoms with E-state index in [-0.39, 0.29) is 12.0 Å². The van der Waals surface area contributed by atoms with Crippen molar-refractivity contribution < 1.29 is 9.90 Å². The lowest BCUT2D eigenvalue weighted by Crippen LogP contribution is -2.32. The molecule has 0 aromatic heterocycles. The van der Waals surface area contributed by atoms with Gasteiger partial charge in [0.2, 0.25) is 0 Å². The lowest BCUT2D eigenvalue weighted by atomic mass is 9.87. The molecule has 4 N–H and O–H groups in total. The van der Waals surface area contributed by atoms with Gasteiger partial charge in [-0.05, 0) is 56.2 Å². The van der Waals surface area contributed by atoms with Crippen LogP contribution in [0.2, 0.25) is 0 Å². The van der Waals surface area contributed by atoms with E-state index in [2.05, 4.69) is 5.32 Å². The Kier molecular flexibility index (Phi) is 5.56. The molecule has 0 heterocycles. The number of nitrogens with two attached hydrogens (primary N) is 1. The summed E-state index contributed by atoms with van der Waals surface area (Å²) in [6.07, 6.45) is 4.26. The fraction of sp³-hybridized carbons (Fsp3) is 0.562. The number of rotatable bonds is 5. The second-order valence-electron chi connectivity index (χ2n) is 5.58. The Hall–Kier alpha value is -1.39. The molecule has 0 radical (unpaired) electrons. The number of benzene rings is 1. The van der Waals surface area contributed by atoms with E-state index in [4.69, 9.17) is 5.73 Å². The zero-order valence-electron chi connectivity index (χ0n) is 11.8. The van der Waals surface area contributed by atoms with Gasteiger partial charge in [-0.25, -0.2) is 0 Å². The number of carbonyl (C=O) groups excluding carboxylic acids is 1. The Morgan fingerprint density at radius 2 is 1.95 bits per heavy atom. The van der Waals surface area contributed by atoms with Crippen LogP contribution in [-0.4, -0.2) is 30.2 Å². The van der Waals surface area contributed by atoms with Crippen LogP contribution in [0.3, 0.4) is 0 Å². The molecule has 0 aliphatic heterocycles. The van der Waals surface area contributed by atoms with Crippen LogP contribution in [0.5, 0.6) is 0 Å². The molecule has 4 nitrogen and oxygen atoms in total. The Morgan fingerprint density at radius 3 is 2.65 bits per heavy atom. The predicted molar refractivity (Wildman–Crippen MR) is 79.5 cm³/mol. The maximum absolute atomic E-state index is 12.2. The number of amides is 1. The molecule has 1 saturated carbocycles. The summed E-state index contributed by atoms with van der Waals surface area (Å²) in [4.78, 5) is 12.2. The molecule has 0 unspecified atom stereocenters. The first kappa shape index (κ1) is 15.0. The van der Waals surface area contributed by atoms with Gasteiger partial charge in [-0.3, -0.25) is 4.79 Å². The summed E-state index contributed by atoms with van der Waals surface area (Å²) in [6, 6.07) is 7.62. The lowest BCUT2D eigenvalue weighted by Gasteiger charge is -2.25. The third-order valence-electron chi connectivity index (χ3n) is 4.04. The van der Waals surface area contributed by atoms with Crippen LogP contribution < -0.4 is 11.1 Å². The van der Waals surface area contributed by atoms with Crippen LogP contribution in [0.1, 0.15) is 41.6 Å². The second kappa shape index (κ2) is 7.41. The quantitative estimate of drug-likeness (QED) is 0.762. The molecule has 2 rings (SSSR count). The van der Waals surface area contributed by atoms with Crippen molar-refractivity contribution in [2.24, 2.45) is 11.7 Å². The fourth-order valence-corrected chi connectivity index (χ4v) is 2.80. The molecule has 0 spiro atoms. The molecular weight excluding hydrogens is 252 g/mol. The number of carbonyl (C=O) groups is 1. The van der Waals surface area contributed by atoms with Gasteiger partial charge in [0, 0.05) is 12.1 Å². The molecule has 1 aromatic carbocycles. The highest BCUT2D eigenvalue weighted by Crippen LogP contribution is 2.23. The van der Waals surface area contributed by atoms with Gasteiger partial charge >= 0.3 is 0 Å². The standard InChI is InChI=1S/C16H24N2O2/c17-10-9-13-3-1-2-4-15(13)16(20)18-11-12-5-7-14(19)8-6-12/h1-4,12,14,19H,5-11,17H2,(H,18,20). The van der Waals surface area contributed by atoms with Gasteiger partial charge in [-0.2, -0.15) is 0 Å². The van der Waals surface area contributed by atoms with E-state index in [1.807, 2.05) is 24.3 Å². The molecule has 1 fully saturated rings. The summed E-state index contributed by atoms with van der Waals surface area (Å²) < 4.78 is 0. The van der Waals surface area contributed by atoms with E-state index in [0.29, 0.717) is 19.0 Å². The number of nitrogens with one attached hydrogen (secondary N) is 1. The van der Waals surface area contributed by atoms with Gasteiger partial charge < -0.3 is 16.2 Å². The Bertz CT molecular complexity index is 440. The summed E-state index contributed by atoms with van der Waals surface area (Å²) in [5, 5.41) is 12.5. The first-order valence-corrected chi connectivity index (χ1v) is 7.45. The highest BCUT2D eigenvalue weighted by molar-refractivity contribution is 5.95. The van der Waals surface area contributed by atoms with E-state index < -0.39 is 0 Å². The van der Waals surface area contributed by atoms with Crippen molar-refractivity contribution >= 4 is 5.91 Å². The highest BCUT2D eigenvalue weighted by atomic mass is 16.3. The fourth-order valence-electron chi connectivity index (χ4n) is 2.80. The van der Waals surface area contributed by atoms with Crippen LogP contribution in [0, 0.1) is 5.92 Å². The van der Waals surface area contributed by atoms with Crippen LogP contribution in [0.25, 0.3) is 0 Å². The minimum absolute atomic E-state index is 0.0137. The monoisotopic (exact) mass is 276 g/mol. The maximum atomic E-state index is 12.2. The molecule has 0 saturated heterocycles. The predicted octanol–water partition coefficient (Wildman–Crippen LogP) is 1.47. The zero-order valence-corrected chi connectivity index (χ0v) is 11.8. The summed E-state index contributed by atoms with van der Waals surface area (Å²) in [6.45, 7) is 1.24. The third-order valence-corrected chi connectivity index (χ3v) is 4.04. The molecule has 4 heteroatoms. The highest BCUT2D eigenvalue weighted by Gasteiger charge is 2.20. The lowest BCUT2D eigenvalue weighted by molar-refractivity contribution is 0.0909. The van der Waals surface area contributed by atoms with Crippen molar-refractivity contribution in [3.8, 4) is 0 Å². The molecule has 110 valence electrons. The maximum Gasteiger partial charge on any atom is 0.251 e. The van der Waals surface area contributed by atoms with E-state index in [1.165, 1.54) is 0 Å². The summed E-state index contributed by atoms with van der Waals surface area (Å²) in [5.41, 5.74) is 7.31. The summed E-state index contributed by atoms with van der Waals surface area (Å²) in [5.74, 6) is 0.476. The van der Waals surface area contributed by atoms with Crippen molar-refractivity contribution in [2.45, 2.75) is 38.2 Å². The largest absolute Gasteiger partial charge is 0.393 e. The minimum Gasteiger partial charge on any atom is -0.393 e. The molecule has 1 amide bonds. The van der Waals surface area contributed by atoms with Crippen molar-refractivity contribution in [1.29, 1.82) is 0 Å². The van der Waals surface area contributed by atoms with E-state index in [1.54, 1.807) is 0 Å². The van der Waals surface area contributed by atoms with E-state index in [0.717, 1.165) is 43.2 Å². The molecule has 0 bridgehead atoms. The molecule has 20 heavy (non-hydrogen) atoms. The summed E-state index contributed by atoms with van der Waals surface area (Å²) >= 11 is 0. The molecule has 0 atom stereocenters. The molecular formula is C16H24N2O2. The zero-order chi connectivity index (χ0) is 14.4. The van der Waals surface area contributed by atoms with Gasteiger partial charge in [-0.15, -0.1) is 0 Å². The van der Waals surface area contributed by atoms with Gasteiger partial charge in [0.15, 0.2) is 0 Å². The Balaban J connectivity index is 1.88. The van der Waals surface area contributed by atoms with Gasteiger partial charge in [0.05, 0.1) is 6.10 Å². The van der Waals surface area contributed by atoms with Gasteiger partial charge in [-0.1, -0.05) is 18.2 Å². The van der Waals surface area contributed by atoms with Crippen LogP contribution >= 0.6 is 0 Å². The van der Waals surface area contributed by atoms with Crippen molar-refractivity contribution in [3.63, 3.8) is 0 Å². The van der Waals surface area contributed by atoms with E-state index >= 15 is 0 Å². The average molecular weight is 276 g/mol. The second-order valence-corrected chi connectivity index (χ2v) is 5.58. The molecule has 1 aliphatic rings. The van der Waals surface area contributed by atoms with Crippen LogP contribution in [0.4, 0.5) is 0 Å². The van der Waals surface area contributed by atoms with Gasteiger partial charge in [0.25, 0.3) is 5.91 Å². The molecule has 1 aromatic rings. The number of aliphatic hydroxyl groups is 1. The third kappa shape index (κ3) is 4.05. The average Bonchev–Trinajstić information content (AvgIpc) is 2.47. The topological polar surface area (TPSA) is 75.4 Å². The van der Waals surface area contributed by atoms with Crippen LogP contribution in [0.15, 0.2) is 24.3 Å². The number of hydrogen-bond donors (Lipinski definition) is 3. The minimum atomic E-state index is -0.146. The van der Waals surface area contributed by atoms with Crippen molar-refractivity contribution in [2.75, 3.05) is 13.1 Å². The first-order chi connectivity index (χ1) is 9.70. The number of hydrogen-bond acceptors (Lipinski definition) is 3. The summed E-state index contributed by atoms with van der Waals surface area (Å²) in [7, 11) is 0. The van der Waals surface area contributed by atoms with E-state index in [9.17, 15) is 9.90 Å². The SMILES string of the molecule is NCCc1ccccc1C(=O)NCC1CCC(O)CC1. The van der Waals surface area contributed by atoms with Crippen LogP contribution in [-0.2, 0) is 6.42 Å².